The Morgan fingerprint density at radius 1 is 1.23 bits per heavy atom. The third kappa shape index (κ3) is 5.64. The molecular weight excluding hydrogens is 332 g/mol. The molecule has 6 heteroatoms. The molecule has 1 aliphatic heterocycles. The van der Waals surface area contributed by atoms with E-state index in [-0.39, 0.29) is 18.1 Å². The first-order valence-corrected chi connectivity index (χ1v) is 9.14. The quantitative estimate of drug-likeness (QED) is 0.885. The predicted octanol–water partition coefficient (Wildman–Crippen LogP) is 3.69. The summed E-state index contributed by atoms with van der Waals surface area (Å²) in [5, 5.41) is 0. The fourth-order valence-corrected chi connectivity index (χ4v) is 3.08. The van der Waals surface area contributed by atoms with Crippen molar-refractivity contribution >= 4 is 12.0 Å². The lowest BCUT2D eigenvalue weighted by molar-refractivity contribution is 0.0198. The molecule has 1 aromatic rings. The van der Waals surface area contributed by atoms with Gasteiger partial charge in [-0.3, -0.25) is 4.79 Å². The van der Waals surface area contributed by atoms with E-state index >= 15 is 0 Å². The smallest absolute Gasteiger partial charge is 0.410 e. The highest BCUT2D eigenvalue weighted by Crippen LogP contribution is 2.31. The lowest BCUT2D eigenvalue weighted by atomic mass is 9.89. The average molecular weight is 362 g/mol. The Bertz CT molecular complexity index is 664. The number of amides is 2. The van der Waals surface area contributed by atoms with Crippen LogP contribution in [0.25, 0.3) is 0 Å². The van der Waals surface area contributed by atoms with Crippen LogP contribution in [0.5, 0.6) is 5.75 Å². The highest BCUT2D eigenvalue weighted by molar-refractivity contribution is 5.93. The van der Waals surface area contributed by atoms with Gasteiger partial charge in [-0.1, -0.05) is 0 Å². The monoisotopic (exact) mass is 362 g/mol. The maximum atomic E-state index is 12.4. The molecule has 26 heavy (non-hydrogen) atoms. The van der Waals surface area contributed by atoms with Gasteiger partial charge in [0.2, 0.25) is 5.91 Å². The second-order valence-electron chi connectivity index (χ2n) is 8.09. The number of benzene rings is 1. The number of hydrogen-bond donors (Lipinski definition) is 1. The molecule has 0 aliphatic carbocycles. The summed E-state index contributed by atoms with van der Waals surface area (Å²) >= 11 is 0. The second kappa shape index (κ2) is 7.98. The number of carbonyl (C=O) groups is 2. The van der Waals surface area contributed by atoms with Crippen molar-refractivity contribution < 1.29 is 19.1 Å². The van der Waals surface area contributed by atoms with Gasteiger partial charge in [0, 0.05) is 24.6 Å². The van der Waals surface area contributed by atoms with Crippen LogP contribution >= 0.6 is 0 Å². The van der Waals surface area contributed by atoms with Gasteiger partial charge in [0.05, 0.1) is 6.10 Å². The minimum absolute atomic E-state index is 0.00408. The van der Waals surface area contributed by atoms with Crippen molar-refractivity contribution in [2.45, 2.75) is 65.1 Å². The second-order valence-corrected chi connectivity index (χ2v) is 8.09. The van der Waals surface area contributed by atoms with E-state index in [2.05, 4.69) is 0 Å². The van der Waals surface area contributed by atoms with E-state index < -0.39 is 11.5 Å². The lowest BCUT2D eigenvalue weighted by Gasteiger charge is -2.34. The number of primary amides is 1. The molecule has 1 unspecified atom stereocenters. The van der Waals surface area contributed by atoms with Crippen molar-refractivity contribution in [2.75, 3.05) is 13.1 Å². The van der Waals surface area contributed by atoms with E-state index in [1.807, 2.05) is 40.7 Å². The topological polar surface area (TPSA) is 81.9 Å². The molecule has 1 saturated heterocycles. The molecule has 6 nitrogen and oxygen atoms in total. The lowest BCUT2D eigenvalue weighted by Crippen LogP contribution is -2.42. The van der Waals surface area contributed by atoms with Crippen molar-refractivity contribution in [3.63, 3.8) is 0 Å². The van der Waals surface area contributed by atoms with Crippen LogP contribution in [-0.2, 0) is 4.74 Å². The van der Waals surface area contributed by atoms with Crippen molar-refractivity contribution in [2.24, 2.45) is 5.73 Å². The van der Waals surface area contributed by atoms with Crippen LogP contribution in [-0.4, -0.2) is 41.7 Å². The van der Waals surface area contributed by atoms with Crippen molar-refractivity contribution in [3.05, 3.63) is 29.3 Å². The average Bonchev–Trinajstić information content (AvgIpc) is 2.52. The SMILES string of the molecule is CC(C)Oc1cc(C(N)=O)cc(C2CCCN(C(=O)OC(C)(C)C)C2)c1. The first-order chi connectivity index (χ1) is 12.0. The van der Waals surface area contributed by atoms with Crippen LogP contribution in [0, 0.1) is 0 Å². The summed E-state index contributed by atoms with van der Waals surface area (Å²) in [6.07, 6.45) is 1.51. The Labute approximate surface area is 155 Å². The number of nitrogens with two attached hydrogens (primary N) is 1. The van der Waals surface area contributed by atoms with E-state index in [0.717, 1.165) is 18.4 Å². The summed E-state index contributed by atoms with van der Waals surface area (Å²) in [4.78, 5) is 25.8. The number of ether oxygens (including phenoxy) is 2. The van der Waals surface area contributed by atoms with Crippen LogP contribution < -0.4 is 10.5 Å². The number of likely N-dealkylation sites (tertiary alicyclic amines) is 1. The maximum absolute atomic E-state index is 12.4. The first kappa shape index (κ1) is 20.1. The summed E-state index contributed by atoms with van der Waals surface area (Å²) in [7, 11) is 0. The fourth-order valence-electron chi connectivity index (χ4n) is 3.08. The first-order valence-electron chi connectivity index (χ1n) is 9.14. The highest BCUT2D eigenvalue weighted by atomic mass is 16.6. The van der Waals surface area contributed by atoms with Gasteiger partial charge >= 0.3 is 6.09 Å². The van der Waals surface area contributed by atoms with Gasteiger partial charge in [0.25, 0.3) is 0 Å². The van der Waals surface area contributed by atoms with Crippen LogP contribution in [0.2, 0.25) is 0 Å². The van der Waals surface area contributed by atoms with E-state index in [1.165, 1.54) is 0 Å². The molecule has 1 fully saturated rings. The Hall–Kier alpha value is -2.24. The largest absolute Gasteiger partial charge is 0.491 e. The van der Waals surface area contributed by atoms with Gasteiger partial charge in [-0.2, -0.15) is 0 Å². The standard InChI is InChI=1S/C20H30N2O4/c1-13(2)25-17-10-15(9-16(11-17)18(21)23)14-7-6-8-22(12-14)19(24)26-20(3,4)5/h9-11,13-14H,6-8,12H2,1-5H3,(H2,21,23). The van der Waals surface area contributed by atoms with E-state index in [9.17, 15) is 9.59 Å². The number of rotatable bonds is 4. The normalized spacial score (nSPS) is 17.9. The van der Waals surface area contributed by atoms with Crippen molar-refractivity contribution in [1.29, 1.82) is 0 Å². The van der Waals surface area contributed by atoms with Crippen LogP contribution in [0.1, 0.15) is 69.3 Å². The highest BCUT2D eigenvalue weighted by Gasteiger charge is 2.29. The molecule has 1 aromatic carbocycles. The number of carbonyl (C=O) groups excluding carboxylic acids is 2. The van der Waals surface area contributed by atoms with Gasteiger partial charge in [-0.05, 0) is 71.2 Å². The third-order valence-corrected chi connectivity index (χ3v) is 4.13. The molecule has 1 atom stereocenters. The molecule has 0 aromatic heterocycles. The fraction of sp³-hybridized carbons (Fsp3) is 0.600. The number of piperidine rings is 1. The molecule has 1 heterocycles. The van der Waals surface area contributed by atoms with Crippen molar-refractivity contribution in [1.82, 2.24) is 4.90 Å². The molecule has 144 valence electrons. The van der Waals surface area contributed by atoms with Gasteiger partial charge in [0.1, 0.15) is 11.4 Å². The minimum Gasteiger partial charge on any atom is -0.491 e. The Morgan fingerprint density at radius 3 is 2.50 bits per heavy atom. The van der Waals surface area contributed by atoms with Crippen LogP contribution in [0.4, 0.5) is 4.79 Å². The van der Waals surface area contributed by atoms with Gasteiger partial charge in [0.15, 0.2) is 0 Å². The zero-order valence-corrected chi connectivity index (χ0v) is 16.4. The van der Waals surface area contributed by atoms with E-state index in [1.54, 1.807) is 17.0 Å². The molecule has 2 N–H and O–H groups in total. The molecule has 0 spiro atoms. The molecule has 2 amide bonds. The summed E-state index contributed by atoms with van der Waals surface area (Å²) in [6.45, 7) is 10.7. The summed E-state index contributed by atoms with van der Waals surface area (Å²) < 4.78 is 11.3. The van der Waals surface area contributed by atoms with Crippen LogP contribution in [0.15, 0.2) is 18.2 Å². The molecule has 0 bridgehead atoms. The predicted molar refractivity (Wildman–Crippen MR) is 101 cm³/mol. The third-order valence-electron chi connectivity index (χ3n) is 4.13. The maximum Gasteiger partial charge on any atom is 0.410 e. The zero-order chi connectivity index (χ0) is 19.5. The summed E-state index contributed by atoms with van der Waals surface area (Å²) in [6, 6.07) is 5.41. The minimum atomic E-state index is -0.520. The Morgan fingerprint density at radius 2 is 1.92 bits per heavy atom. The van der Waals surface area contributed by atoms with E-state index in [0.29, 0.717) is 24.4 Å². The molecule has 2 rings (SSSR count). The molecule has 1 aliphatic rings. The summed E-state index contributed by atoms with van der Waals surface area (Å²) in [5.41, 5.74) is 6.34. The van der Waals surface area contributed by atoms with Crippen molar-refractivity contribution in [3.8, 4) is 5.75 Å². The molecule has 0 radical (unpaired) electrons. The summed E-state index contributed by atoms with van der Waals surface area (Å²) in [5.74, 6) is 0.256. The molecular formula is C20H30N2O4. The van der Waals surface area contributed by atoms with Gasteiger partial charge in [-0.15, -0.1) is 0 Å². The zero-order valence-electron chi connectivity index (χ0n) is 16.4. The van der Waals surface area contributed by atoms with Gasteiger partial charge < -0.3 is 20.1 Å². The number of nitrogens with zero attached hydrogens (tertiary/aromatic N) is 1. The Kier molecular flexibility index (Phi) is 6.16. The van der Waals surface area contributed by atoms with Crippen LogP contribution in [0.3, 0.4) is 0 Å². The molecule has 0 saturated carbocycles. The van der Waals surface area contributed by atoms with E-state index in [4.69, 9.17) is 15.2 Å². The van der Waals surface area contributed by atoms with Gasteiger partial charge in [-0.25, -0.2) is 4.79 Å². The number of hydrogen-bond acceptors (Lipinski definition) is 4. The Balaban J connectivity index is 2.22.